The van der Waals surface area contributed by atoms with Crippen molar-refractivity contribution in [1.29, 1.82) is 0 Å². The fraction of sp³-hybridized carbons (Fsp3) is 0.231. The van der Waals surface area contributed by atoms with Crippen LogP contribution in [0.2, 0.25) is 0 Å². The number of benzene rings is 3. The Kier molecular flexibility index (Phi) is 4.56. The van der Waals surface area contributed by atoms with Crippen LogP contribution in [0.1, 0.15) is 34.8 Å². The number of ether oxygens (including phenoxy) is 2. The first-order chi connectivity index (χ1) is 15.8. The number of hydrogen-bond donors (Lipinski definition) is 0. The molecule has 2 aliphatic rings. The maximum Gasteiger partial charge on any atom is 0.254 e. The van der Waals surface area contributed by atoms with Gasteiger partial charge in [-0.15, -0.1) is 0 Å². The maximum atomic E-state index is 13.4. The lowest BCUT2D eigenvalue weighted by molar-refractivity contribution is 0.0735. The van der Waals surface area contributed by atoms with Crippen LogP contribution in [0.3, 0.4) is 0 Å². The van der Waals surface area contributed by atoms with Crippen LogP contribution in [-0.4, -0.2) is 40.1 Å². The molecule has 1 unspecified atom stereocenters. The summed E-state index contributed by atoms with van der Waals surface area (Å²) < 4.78 is 13.4. The van der Waals surface area contributed by atoms with Gasteiger partial charge in [-0.2, -0.15) is 0 Å². The van der Waals surface area contributed by atoms with Crippen molar-refractivity contribution < 1.29 is 14.3 Å². The number of amides is 1. The lowest BCUT2D eigenvalue weighted by atomic mass is 10.0. The van der Waals surface area contributed by atoms with E-state index >= 15 is 0 Å². The molecule has 0 spiro atoms. The van der Waals surface area contributed by atoms with Gasteiger partial charge in [0, 0.05) is 17.8 Å². The van der Waals surface area contributed by atoms with E-state index < -0.39 is 0 Å². The van der Waals surface area contributed by atoms with Gasteiger partial charge >= 0.3 is 0 Å². The first-order valence-corrected chi connectivity index (χ1v) is 11.0. The van der Waals surface area contributed by atoms with Crippen molar-refractivity contribution in [2.75, 3.05) is 19.8 Å². The third-order valence-electron chi connectivity index (χ3n) is 6.31. The van der Waals surface area contributed by atoms with Gasteiger partial charge in [-0.1, -0.05) is 18.2 Å². The van der Waals surface area contributed by atoms with Gasteiger partial charge in [0.2, 0.25) is 0 Å². The lowest BCUT2D eigenvalue weighted by Gasteiger charge is -2.27. The number of rotatable bonds is 3. The molecule has 1 amide bonds. The van der Waals surface area contributed by atoms with Crippen LogP contribution in [-0.2, 0) is 0 Å². The van der Waals surface area contributed by atoms with Crippen LogP contribution in [0.5, 0.6) is 11.5 Å². The van der Waals surface area contributed by atoms with Crippen molar-refractivity contribution in [2.24, 2.45) is 0 Å². The number of fused-ring (bicyclic) bond motifs is 2. The van der Waals surface area contributed by atoms with Crippen molar-refractivity contribution in [1.82, 2.24) is 14.5 Å². The molecule has 4 aromatic rings. The largest absolute Gasteiger partial charge is 0.486 e. The molecule has 0 radical (unpaired) electrons. The minimum atomic E-state index is 0.0515. The number of aromatic nitrogens is 2. The van der Waals surface area contributed by atoms with Gasteiger partial charge in [-0.05, 0) is 66.9 Å². The molecular weight excluding hydrogens is 402 g/mol. The first kappa shape index (κ1) is 18.9. The molecule has 0 saturated carbocycles. The molecule has 6 rings (SSSR count). The molecule has 1 atom stereocenters. The Morgan fingerprint density at radius 3 is 2.62 bits per heavy atom. The smallest absolute Gasteiger partial charge is 0.254 e. The van der Waals surface area contributed by atoms with Gasteiger partial charge in [-0.3, -0.25) is 9.36 Å². The second kappa shape index (κ2) is 7.71. The second-order valence-electron chi connectivity index (χ2n) is 8.21. The van der Waals surface area contributed by atoms with Crippen molar-refractivity contribution in [2.45, 2.75) is 18.9 Å². The van der Waals surface area contributed by atoms with E-state index in [1.165, 1.54) is 0 Å². The molecule has 1 saturated heterocycles. The number of likely N-dealkylation sites (tertiary alicyclic amines) is 1. The summed E-state index contributed by atoms with van der Waals surface area (Å²) in [5, 5.41) is 0. The molecule has 2 aliphatic heterocycles. The molecule has 0 N–H and O–H groups in total. The molecule has 3 aromatic carbocycles. The average molecular weight is 425 g/mol. The highest BCUT2D eigenvalue weighted by Crippen LogP contribution is 2.38. The van der Waals surface area contributed by atoms with Crippen molar-refractivity contribution in [3.63, 3.8) is 0 Å². The molecule has 3 heterocycles. The monoisotopic (exact) mass is 425 g/mol. The fourth-order valence-corrected chi connectivity index (χ4v) is 4.72. The average Bonchev–Trinajstić information content (AvgIpc) is 3.51. The minimum Gasteiger partial charge on any atom is -0.486 e. The van der Waals surface area contributed by atoms with Crippen LogP contribution in [0.25, 0.3) is 16.7 Å². The van der Waals surface area contributed by atoms with E-state index in [0.29, 0.717) is 18.8 Å². The minimum absolute atomic E-state index is 0.0515. The lowest BCUT2D eigenvalue weighted by Crippen LogP contribution is -2.30. The van der Waals surface area contributed by atoms with E-state index in [9.17, 15) is 4.79 Å². The summed E-state index contributed by atoms with van der Waals surface area (Å²) in [6.45, 7) is 1.89. The van der Waals surface area contributed by atoms with Crippen molar-refractivity contribution in [3.8, 4) is 17.2 Å². The Hall–Kier alpha value is -3.80. The summed E-state index contributed by atoms with van der Waals surface area (Å²) in [6, 6.07) is 21.9. The molecule has 160 valence electrons. The normalized spacial score (nSPS) is 17.6. The van der Waals surface area contributed by atoms with Gasteiger partial charge in [-0.25, -0.2) is 4.98 Å². The predicted octanol–water partition coefficient (Wildman–Crippen LogP) is 4.77. The Balaban J connectivity index is 1.26. The van der Waals surface area contributed by atoms with Crippen LogP contribution in [0, 0.1) is 0 Å². The highest BCUT2D eigenvalue weighted by molar-refractivity contribution is 5.95. The molecule has 1 fully saturated rings. The number of carbonyl (C=O) groups excluding carboxylic acids is 1. The van der Waals surface area contributed by atoms with E-state index in [4.69, 9.17) is 9.47 Å². The van der Waals surface area contributed by atoms with E-state index in [1.54, 1.807) is 0 Å². The Bertz CT molecular complexity index is 1300. The molecule has 32 heavy (non-hydrogen) atoms. The van der Waals surface area contributed by atoms with Crippen LogP contribution < -0.4 is 9.47 Å². The zero-order valence-corrected chi connectivity index (χ0v) is 17.6. The summed E-state index contributed by atoms with van der Waals surface area (Å²) in [5.41, 5.74) is 4.78. The summed E-state index contributed by atoms with van der Waals surface area (Å²) in [7, 11) is 0. The van der Waals surface area contributed by atoms with Gasteiger partial charge in [0.05, 0.1) is 17.1 Å². The predicted molar refractivity (Wildman–Crippen MR) is 122 cm³/mol. The zero-order valence-electron chi connectivity index (χ0n) is 17.6. The third-order valence-corrected chi connectivity index (χ3v) is 6.31. The summed E-state index contributed by atoms with van der Waals surface area (Å²) in [5.74, 6) is 1.60. The first-order valence-electron chi connectivity index (χ1n) is 11.0. The number of carbonyl (C=O) groups is 1. The molecular formula is C26H23N3O3. The van der Waals surface area contributed by atoms with Crippen LogP contribution in [0.15, 0.2) is 73.1 Å². The van der Waals surface area contributed by atoms with Crippen LogP contribution >= 0.6 is 0 Å². The summed E-state index contributed by atoms with van der Waals surface area (Å²) in [4.78, 5) is 19.8. The third kappa shape index (κ3) is 3.19. The van der Waals surface area contributed by atoms with Crippen molar-refractivity contribution in [3.05, 3.63) is 84.2 Å². The van der Waals surface area contributed by atoms with E-state index in [1.807, 2.05) is 76.5 Å². The Labute approximate surface area is 186 Å². The molecule has 6 heteroatoms. The highest BCUT2D eigenvalue weighted by atomic mass is 16.6. The Morgan fingerprint density at radius 2 is 1.75 bits per heavy atom. The summed E-state index contributed by atoms with van der Waals surface area (Å²) >= 11 is 0. The van der Waals surface area contributed by atoms with Crippen molar-refractivity contribution >= 4 is 16.9 Å². The van der Waals surface area contributed by atoms with Gasteiger partial charge in [0.1, 0.15) is 19.5 Å². The molecule has 1 aromatic heterocycles. The highest BCUT2D eigenvalue weighted by Gasteiger charge is 2.31. The zero-order chi connectivity index (χ0) is 21.5. The SMILES string of the molecule is O=C(c1ccc(-n2cnc3ccccc32)cc1)N1CCCC1c1ccc2c(c1)OCCO2. The van der Waals surface area contributed by atoms with Gasteiger partial charge < -0.3 is 14.4 Å². The maximum absolute atomic E-state index is 13.4. The van der Waals surface area contributed by atoms with E-state index in [-0.39, 0.29) is 11.9 Å². The van der Waals surface area contributed by atoms with Crippen LogP contribution in [0.4, 0.5) is 0 Å². The number of imidazole rings is 1. The fourth-order valence-electron chi connectivity index (χ4n) is 4.72. The van der Waals surface area contributed by atoms with Gasteiger partial charge in [0.25, 0.3) is 5.91 Å². The topological polar surface area (TPSA) is 56.6 Å². The number of hydrogen-bond acceptors (Lipinski definition) is 4. The number of para-hydroxylation sites is 2. The van der Waals surface area contributed by atoms with E-state index in [0.717, 1.165) is 53.2 Å². The molecule has 0 bridgehead atoms. The molecule has 0 aliphatic carbocycles. The number of nitrogens with zero attached hydrogens (tertiary/aromatic N) is 3. The quantitative estimate of drug-likeness (QED) is 0.474. The van der Waals surface area contributed by atoms with E-state index in [2.05, 4.69) is 11.1 Å². The second-order valence-corrected chi connectivity index (χ2v) is 8.21. The van der Waals surface area contributed by atoms with Gasteiger partial charge in [0.15, 0.2) is 11.5 Å². The molecule has 6 nitrogen and oxygen atoms in total. The standard InChI is InChI=1S/C26H23N3O3/c30-26(18-7-10-20(11-8-18)29-17-27-21-4-1-2-5-23(21)29)28-13-3-6-22(28)19-9-12-24-25(16-19)32-15-14-31-24/h1-2,4-5,7-12,16-17,22H,3,6,13-15H2. The Morgan fingerprint density at radius 1 is 0.938 bits per heavy atom. The summed E-state index contributed by atoms with van der Waals surface area (Å²) in [6.07, 6.45) is 3.76.